The third kappa shape index (κ3) is 14.6. The molecule has 1 aromatic carbocycles. The maximum atomic E-state index is 12.7. The quantitative estimate of drug-likeness (QED) is 0.0638. The van der Waals surface area contributed by atoms with Crippen LogP contribution in [0.25, 0.3) is 10.9 Å². The summed E-state index contributed by atoms with van der Waals surface area (Å²) in [5, 5.41) is 26.9. The van der Waals surface area contributed by atoms with Crippen LogP contribution < -0.4 is 16.1 Å². The van der Waals surface area contributed by atoms with E-state index in [1.165, 1.54) is 18.9 Å². The molecule has 0 aliphatic carbocycles. The molecule has 0 fully saturated rings. The van der Waals surface area contributed by atoms with Crippen LogP contribution in [0.2, 0.25) is 0 Å². The predicted molar refractivity (Wildman–Crippen MR) is 177 cm³/mol. The highest BCUT2D eigenvalue weighted by molar-refractivity contribution is 5.88. The van der Waals surface area contributed by atoms with Crippen LogP contribution >= 0.6 is 0 Å². The number of para-hydroxylation sites is 1. The first kappa shape index (κ1) is 40.5. The first-order valence-electron chi connectivity index (χ1n) is 16.0. The van der Waals surface area contributed by atoms with Gasteiger partial charge < -0.3 is 49.3 Å². The molecule has 270 valence electrons. The molecule has 0 saturated heterocycles. The molecule has 0 spiro atoms. The molecule has 1 heterocycles. The number of carbonyl (C=O) groups is 4. The Balaban J connectivity index is 1.51. The fraction of sp³-hybridized carbons (Fsp3) is 0.625. The fourth-order valence-corrected chi connectivity index (χ4v) is 4.51. The normalized spacial score (nSPS) is 12.6. The van der Waals surface area contributed by atoms with E-state index in [4.69, 9.17) is 24.1 Å². The van der Waals surface area contributed by atoms with Gasteiger partial charge in [0.25, 0.3) is 0 Å². The lowest BCUT2D eigenvalue weighted by molar-refractivity contribution is -0.148. The number of nitrogens with one attached hydrogen (secondary N) is 3. The smallest absolute Gasteiger partial charge is 0.326 e. The zero-order chi connectivity index (χ0) is 35.3. The largest absolute Gasteiger partial charge is 0.480 e. The number of carboxylic acid groups (broad SMARTS) is 1. The van der Waals surface area contributed by atoms with Crippen molar-refractivity contribution in [2.75, 3.05) is 87.1 Å². The van der Waals surface area contributed by atoms with Crippen LogP contribution in [0.15, 0.2) is 30.3 Å². The molecule has 2 atom stereocenters. The van der Waals surface area contributed by atoms with Crippen LogP contribution in [0, 0.1) is 0 Å². The van der Waals surface area contributed by atoms with Crippen molar-refractivity contribution in [3.63, 3.8) is 0 Å². The summed E-state index contributed by atoms with van der Waals surface area (Å²) in [6.07, 6.45) is 0.224. The monoisotopic (exact) mass is 680 g/mol. The van der Waals surface area contributed by atoms with Crippen LogP contribution in [0.5, 0.6) is 0 Å². The number of rotatable bonds is 26. The van der Waals surface area contributed by atoms with Crippen LogP contribution in [0.1, 0.15) is 25.5 Å². The minimum atomic E-state index is -1.07. The topological polar surface area (TPSA) is 193 Å². The van der Waals surface area contributed by atoms with E-state index in [1.54, 1.807) is 0 Å². The van der Waals surface area contributed by atoms with Crippen molar-refractivity contribution in [3.8, 4) is 0 Å². The zero-order valence-corrected chi connectivity index (χ0v) is 28.4. The summed E-state index contributed by atoms with van der Waals surface area (Å²) >= 11 is 0. The van der Waals surface area contributed by atoms with Gasteiger partial charge in [0.05, 0.1) is 72.4 Å². The summed E-state index contributed by atoms with van der Waals surface area (Å²) in [7, 11) is 5.22. The third-order valence-corrected chi connectivity index (χ3v) is 7.53. The van der Waals surface area contributed by atoms with Crippen molar-refractivity contribution in [2.24, 2.45) is 0 Å². The summed E-state index contributed by atoms with van der Waals surface area (Å²) in [4.78, 5) is 49.2. The van der Waals surface area contributed by atoms with Gasteiger partial charge >= 0.3 is 5.97 Å². The molecule has 5 N–H and O–H groups in total. The number of aliphatic hydroxyl groups excluding tert-OH is 1. The number of aliphatic hydroxyl groups is 1. The van der Waals surface area contributed by atoms with Crippen molar-refractivity contribution in [1.29, 1.82) is 0 Å². The molecule has 2 aromatic rings. The molecule has 0 aliphatic rings. The van der Waals surface area contributed by atoms with E-state index in [9.17, 15) is 24.3 Å². The molecule has 48 heavy (non-hydrogen) atoms. The highest BCUT2D eigenvalue weighted by Crippen LogP contribution is 2.21. The molecule has 2 unspecified atom stereocenters. The predicted octanol–water partition coefficient (Wildman–Crippen LogP) is -0.421. The Hall–Kier alpha value is -3.64. The second-order valence-electron chi connectivity index (χ2n) is 11.0. The first-order chi connectivity index (χ1) is 23.1. The lowest BCUT2D eigenvalue weighted by atomic mass is 10.2. The van der Waals surface area contributed by atoms with Crippen LogP contribution in [0.4, 0.5) is 0 Å². The number of hydrazine groups is 1. The zero-order valence-electron chi connectivity index (χ0n) is 28.4. The van der Waals surface area contributed by atoms with Gasteiger partial charge in [0, 0.05) is 44.8 Å². The van der Waals surface area contributed by atoms with E-state index < -0.39 is 30.6 Å². The number of amides is 3. The summed E-state index contributed by atoms with van der Waals surface area (Å²) in [6, 6.07) is 8.09. The second kappa shape index (κ2) is 22.8. The second-order valence-corrected chi connectivity index (χ2v) is 11.0. The molecule has 0 bridgehead atoms. The summed E-state index contributed by atoms with van der Waals surface area (Å²) in [5.41, 5.74) is 5.14. The Morgan fingerprint density at radius 1 is 0.896 bits per heavy atom. The van der Waals surface area contributed by atoms with Gasteiger partial charge in [-0.3, -0.25) is 19.8 Å². The standard InChI is InChI=1S/C32H52N6O10/c1-24(32(43)44)37(4)30(41)10-13-45-15-17-47-19-20-48-18-16-46-14-11-34-31(42)27(23-39)35-29(40)9-12-38-26(22-36(3)33-2)21-25-7-5-6-8-28(25)38/h5-8,21,24,27,33,39H,9-20,22-23H2,1-4H3,(H,34,42)(H,35,40)(H,43,44). The lowest BCUT2D eigenvalue weighted by Gasteiger charge is -2.21. The molecule has 16 heteroatoms. The molecule has 3 amide bonds. The third-order valence-electron chi connectivity index (χ3n) is 7.53. The average molecular weight is 681 g/mol. The van der Waals surface area contributed by atoms with Gasteiger partial charge in [0.2, 0.25) is 17.7 Å². The number of fused-ring (bicyclic) bond motifs is 1. The van der Waals surface area contributed by atoms with Gasteiger partial charge in [0.15, 0.2) is 0 Å². The molecular weight excluding hydrogens is 628 g/mol. The van der Waals surface area contributed by atoms with E-state index in [2.05, 4.69) is 26.7 Å². The number of aryl methyl sites for hydroxylation is 1. The Kier molecular flexibility index (Phi) is 19.3. The van der Waals surface area contributed by atoms with Crippen molar-refractivity contribution < 1.29 is 48.3 Å². The van der Waals surface area contributed by atoms with Crippen LogP contribution in [-0.4, -0.2) is 148 Å². The van der Waals surface area contributed by atoms with Crippen molar-refractivity contribution >= 4 is 34.6 Å². The first-order valence-corrected chi connectivity index (χ1v) is 16.0. The number of ether oxygens (including phenoxy) is 4. The van der Waals surface area contributed by atoms with Crippen LogP contribution in [-0.2, 0) is 51.2 Å². The van der Waals surface area contributed by atoms with E-state index in [0.29, 0.717) is 52.7 Å². The molecular formula is C32H52N6O10. The van der Waals surface area contributed by atoms with Gasteiger partial charge in [-0.2, -0.15) is 0 Å². The number of likely N-dealkylation sites (N-methyl/N-ethyl adjacent to an activating group) is 1. The average Bonchev–Trinajstić information content (AvgIpc) is 3.43. The minimum Gasteiger partial charge on any atom is -0.480 e. The molecule has 2 rings (SSSR count). The van der Waals surface area contributed by atoms with Crippen LogP contribution in [0.3, 0.4) is 0 Å². The highest BCUT2D eigenvalue weighted by atomic mass is 16.6. The van der Waals surface area contributed by atoms with Crippen molar-refractivity contribution in [3.05, 3.63) is 36.0 Å². The molecule has 1 aromatic heterocycles. The number of carbonyl (C=O) groups excluding carboxylic acids is 3. The Morgan fingerprint density at radius 2 is 1.50 bits per heavy atom. The Morgan fingerprint density at radius 3 is 2.10 bits per heavy atom. The molecule has 0 aliphatic heterocycles. The molecule has 0 radical (unpaired) electrons. The number of carboxylic acids is 1. The van der Waals surface area contributed by atoms with Gasteiger partial charge in [-0.25, -0.2) is 9.80 Å². The van der Waals surface area contributed by atoms with Crippen molar-refractivity contribution in [2.45, 2.75) is 44.9 Å². The SMILES string of the molecule is CNN(C)Cc1cc2ccccc2n1CCC(=O)NC(CO)C(=O)NCCOCCOCCOCCOCCC(=O)N(C)C(C)C(=O)O. The number of hydrogen-bond acceptors (Lipinski definition) is 11. The van der Waals surface area contributed by atoms with Gasteiger partial charge in [0.1, 0.15) is 12.1 Å². The molecule has 16 nitrogen and oxygen atoms in total. The van der Waals surface area contributed by atoms with Gasteiger partial charge in [-0.1, -0.05) is 18.2 Å². The highest BCUT2D eigenvalue weighted by Gasteiger charge is 2.22. The van der Waals surface area contributed by atoms with Gasteiger partial charge in [-0.05, 0) is 31.5 Å². The summed E-state index contributed by atoms with van der Waals surface area (Å²) in [5.74, 6) is -2.21. The number of aromatic nitrogens is 1. The Labute approximate surface area is 281 Å². The summed E-state index contributed by atoms with van der Waals surface area (Å²) < 4.78 is 23.7. The lowest BCUT2D eigenvalue weighted by Crippen LogP contribution is -2.49. The number of benzene rings is 1. The van der Waals surface area contributed by atoms with Gasteiger partial charge in [-0.15, -0.1) is 0 Å². The van der Waals surface area contributed by atoms with E-state index in [1.807, 2.05) is 43.4 Å². The van der Waals surface area contributed by atoms with E-state index in [-0.39, 0.29) is 44.4 Å². The van der Waals surface area contributed by atoms with Crippen molar-refractivity contribution in [1.82, 2.24) is 30.5 Å². The van der Waals surface area contributed by atoms with E-state index >= 15 is 0 Å². The maximum Gasteiger partial charge on any atom is 0.326 e. The maximum absolute atomic E-state index is 12.7. The number of nitrogens with zero attached hydrogens (tertiary/aromatic N) is 3. The minimum absolute atomic E-state index is 0.0870. The summed E-state index contributed by atoms with van der Waals surface area (Å²) in [6.45, 7) is 4.53. The number of hydrogen-bond donors (Lipinski definition) is 5. The number of aliphatic carboxylic acids is 1. The molecule has 0 saturated carbocycles. The fourth-order valence-electron chi connectivity index (χ4n) is 4.51. The Bertz CT molecular complexity index is 1280. The van der Waals surface area contributed by atoms with E-state index in [0.717, 1.165) is 16.6 Å².